The van der Waals surface area contributed by atoms with Crippen molar-refractivity contribution in [3.05, 3.63) is 11.6 Å². The number of rotatable bonds is 4. The maximum absolute atomic E-state index is 11.4. The normalized spacial score (nSPS) is 23.3. The van der Waals surface area contributed by atoms with E-state index in [0.717, 1.165) is 19.3 Å². The van der Waals surface area contributed by atoms with Crippen LogP contribution in [0.3, 0.4) is 0 Å². The number of Topliss-reactive ketones (excluding diaryl/α,β-unsaturated/α-hetero) is 1. The Morgan fingerprint density at radius 1 is 1.17 bits per heavy atom. The topological polar surface area (TPSA) is 17.1 Å². The van der Waals surface area contributed by atoms with Gasteiger partial charge < -0.3 is 0 Å². The first-order chi connectivity index (χ1) is 8.74. The van der Waals surface area contributed by atoms with E-state index in [2.05, 4.69) is 19.9 Å². The lowest BCUT2D eigenvalue weighted by molar-refractivity contribution is -0.124. The molecule has 1 saturated carbocycles. The van der Waals surface area contributed by atoms with E-state index in [4.69, 9.17) is 0 Å². The second-order valence-electron chi connectivity index (χ2n) is 5.85. The fourth-order valence-corrected chi connectivity index (χ4v) is 2.83. The Labute approximate surface area is 113 Å². The summed E-state index contributed by atoms with van der Waals surface area (Å²) in [5.74, 6) is 0.975. The summed E-state index contributed by atoms with van der Waals surface area (Å²) < 4.78 is 0. The van der Waals surface area contributed by atoms with Crippen molar-refractivity contribution in [2.45, 2.75) is 84.5 Å². The van der Waals surface area contributed by atoms with Gasteiger partial charge in [-0.1, -0.05) is 44.3 Å². The third-order valence-corrected chi connectivity index (χ3v) is 4.11. The Kier molecular flexibility index (Phi) is 8.04. The molecule has 2 rings (SSSR count). The molecule has 0 aromatic carbocycles. The average molecular weight is 250 g/mol. The lowest BCUT2D eigenvalue weighted by Gasteiger charge is -2.19. The number of hydrogen-bond donors (Lipinski definition) is 0. The van der Waals surface area contributed by atoms with Crippen molar-refractivity contribution < 1.29 is 4.79 Å². The fourth-order valence-electron chi connectivity index (χ4n) is 2.83. The van der Waals surface area contributed by atoms with Crippen LogP contribution in [0.1, 0.15) is 84.5 Å². The smallest absolute Gasteiger partial charge is 0.135 e. The SMILES string of the molecule is CC1=CCCC1.CCCCCC1CCCCC1=O. The van der Waals surface area contributed by atoms with Crippen LogP contribution in [0.5, 0.6) is 0 Å². The number of carbonyl (C=O) groups is 1. The molecule has 1 nitrogen and oxygen atoms in total. The van der Waals surface area contributed by atoms with Crippen LogP contribution in [-0.4, -0.2) is 5.78 Å². The molecule has 0 aliphatic heterocycles. The highest BCUT2D eigenvalue weighted by atomic mass is 16.1. The van der Waals surface area contributed by atoms with E-state index in [0.29, 0.717) is 11.7 Å². The van der Waals surface area contributed by atoms with E-state index >= 15 is 0 Å². The molecule has 2 aliphatic carbocycles. The summed E-state index contributed by atoms with van der Waals surface area (Å²) in [6, 6.07) is 0. The summed E-state index contributed by atoms with van der Waals surface area (Å²) in [6.07, 6.45) is 15.8. The van der Waals surface area contributed by atoms with Crippen LogP contribution >= 0.6 is 0 Å². The molecule has 0 N–H and O–H groups in total. The van der Waals surface area contributed by atoms with Crippen molar-refractivity contribution in [2.75, 3.05) is 0 Å². The largest absolute Gasteiger partial charge is 0.299 e. The van der Waals surface area contributed by atoms with Gasteiger partial charge in [0.1, 0.15) is 5.78 Å². The molecule has 1 unspecified atom stereocenters. The van der Waals surface area contributed by atoms with Crippen LogP contribution in [0, 0.1) is 5.92 Å². The first-order valence-electron chi connectivity index (χ1n) is 7.92. The molecule has 0 amide bonds. The van der Waals surface area contributed by atoms with E-state index in [1.165, 1.54) is 51.4 Å². The fraction of sp³-hybridized carbons (Fsp3) is 0.824. The summed E-state index contributed by atoms with van der Waals surface area (Å²) >= 11 is 0. The van der Waals surface area contributed by atoms with E-state index in [-0.39, 0.29) is 0 Å². The van der Waals surface area contributed by atoms with Crippen molar-refractivity contribution in [3.8, 4) is 0 Å². The molecule has 2 aliphatic rings. The summed E-state index contributed by atoms with van der Waals surface area (Å²) in [6.45, 7) is 4.41. The van der Waals surface area contributed by atoms with Crippen LogP contribution in [0.2, 0.25) is 0 Å². The zero-order valence-electron chi connectivity index (χ0n) is 12.3. The highest BCUT2D eigenvalue weighted by Crippen LogP contribution is 2.25. The van der Waals surface area contributed by atoms with Crippen molar-refractivity contribution in [1.29, 1.82) is 0 Å². The molecule has 0 heterocycles. The first-order valence-corrected chi connectivity index (χ1v) is 7.92. The number of unbranched alkanes of at least 4 members (excludes halogenated alkanes) is 2. The standard InChI is InChI=1S/C11H20O.C6H10/c1-2-3-4-7-10-8-5-6-9-11(10)12;1-6-4-2-3-5-6/h10H,2-9H2,1H3;4H,2-3,5H2,1H3. The van der Waals surface area contributed by atoms with Gasteiger partial charge in [0.25, 0.3) is 0 Å². The third kappa shape index (κ3) is 6.37. The van der Waals surface area contributed by atoms with Crippen LogP contribution in [-0.2, 0) is 4.79 Å². The molecule has 0 aromatic heterocycles. The maximum atomic E-state index is 11.4. The van der Waals surface area contributed by atoms with Gasteiger partial charge in [-0.25, -0.2) is 0 Å². The molecular formula is C17H30O. The molecule has 1 fully saturated rings. The number of ketones is 1. The van der Waals surface area contributed by atoms with Gasteiger partial charge in [-0.15, -0.1) is 0 Å². The highest BCUT2D eigenvalue weighted by molar-refractivity contribution is 5.81. The van der Waals surface area contributed by atoms with E-state index in [9.17, 15) is 4.79 Å². The van der Waals surface area contributed by atoms with Crippen LogP contribution in [0.25, 0.3) is 0 Å². The molecule has 1 atom stereocenters. The van der Waals surface area contributed by atoms with Crippen molar-refractivity contribution in [2.24, 2.45) is 5.92 Å². The summed E-state index contributed by atoms with van der Waals surface area (Å²) in [5, 5.41) is 0. The first kappa shape index (κ1) is 15.5. The number of allylic oxidation sites excluding steroid dienone is 2. The second-order valence-corrected chi connectivity index (χ2v) is 5.85. The third-order valence-electron chi connectivity index (χ3n) is 4.11. The molecule has 1 heteroatoms. The van der Waals surface area contributed by atoms with Crippen LogP contribution in [0.15, 0.2) is 11.6 Å². The van der Waals surface area contributed by atoms with E-state index in [1.807, 2.05) is 0 Å². The van der Waals surface area contributed by atoms with Gasteiger partial charge in [0, 0.05) is 12.3 Å². The van der Waals surface area contributed by atoms with Gasteiger partial charge in [0.05, 0.1) is 0 Å². The van der Waals surface area contributed by atoms with E-state index in [1.54, 1.807) is 5.57 Å². The molecule has 18 heavy (non-hydrogen) atoms. The predicted molar refractivity (Wildman–Crippen MR) is 78.7 cm³/mol. The summed E-state index contributed by atoms with van der Waals surface area (Å²) in [7, 11) is 0. The van der Waals surface area contributed by atoms with Crippen LogP contribution < -0.4 is 0 Å². The van der Waals surface area contributed by atoms with Crippen LogP contribution in [0.4, 0.5) is 0 Å². The minimum Gasteiger partial charge on any atom is -0.299 e. The van der Waals surface area contributed by atoms with Gasteiger partial charge >= 0.3 is 0 Å². The molecule has 0 radical (unpaired) electrons. The highest BCUT2D eigenvalue weighted by Gasteiger charge is 2.20. The van der Waals surface area contributed by atoms with E-state index < -0.39 is 0 Å². The lowest BCUT2D eigenvalue weighted by atomic mass is 9.84. The predicted octanol–water partition coefficient (Wildman–Crippen LogP) is 5.44. The van der Waals surface area contributed by atoms with Gasteiger partial charge in [-0.05, 0) is 45.4 Å². The van der Waals surface area contributed by atoms with Gasteiger partial charge in [0.2, 0.25) is 0 Å². The molecule has 0 aromatic rings. The number of hydrogen-bond acceptors (Lipinski definition) is 1. The Hall–Kier alpha value is -0.590. The Balaban J connectivity index is 0.000000225. The molecule has 104 valence electrons. The Bertz CT molecular complexity index is 265. The second kappa shape index (κ2) is 9.35. The quantitative estimate of drug-likeness (QED) is 0.479. The zero-order chi connectivity index (χ0) is 13.2. The zero-order valence-corrected chi connectivity index (χ0v) is 12.3. The van der Waals surface area contributed by atoms with Gasteiger partial charge in [0.15, 0.2) is 0 Å². The molecular weight excluding hydrogens is 220 g/mol. The monoisotopic (exact) mass is 250 g/mol. The van der Waals surface area contributed by atoms with Crippen molar-refractivity contribution in [1.82, 2.24) is 0 Å². The number of carbonyl (C=O) groups excluding carboxylic acids is 1. The van der Waals surface area contributed by atoms with Crippen molar-refractivity contribution in [3.63, 3.8) is 0 Å². The minimum atomic E-state index is 0.435. The van der Waals surface area contributed by atoms with Gasteiger partial charge in [-0.3, -0.25) is 4.79 Å². The Morgan fingerprint density at radius 2 is 2.00 bits per heavy atom. The maximum Gasteiger partial charge on any atom is 0.135 e. The van der Waals surface area contributed by atoms with Gasteiger partial charge in [-0.2, -0.15) is 0 Å². The lowest BCUT2D eigenvalue weighted by Crippen LogP contribution is -2.18. The molecule has 0 bridgehead atoms. The minimum absolute atomic E-state index is 0.435. The average Bonchev–Trinajstić information content (AvgIpc) is 2.84. The summed E-state index contributed by atoms with van der Waals surface area (Å²) in [4.78, 5) is 11.4. The summed E-state index contributed by atoms with van der Waals surface area (Å²) in [5.41, 5.74) is 1.58. The molecule has 0 spiro atoms. The Morgan fingerprint density at radius 3 is 2.50 bits per heavy atom. The van der Waals surface area contributed by atoms with Crippen molar-refractivity contribution >= 4 is 5.78 Å². The molecule has 0 saturated heterocycles.